The Hall–Kier alpha value is -1.86. The van der Waals surface area contributed by atoms with Crippen molar-refractivity contribution in [1.29, 1.82) is 5.26 Å². The van der Waals surface area contributed by atoms with Gasteiger partial charge in [0.25, 0.3) is 0 Å². The molecule has 4 heteroatoms. The zero-order valence-corrected chi connectivity index (χ0v) is 10.8. The van der Waals surface area contributed by atoms with Crippen LogP contribution in [0.5, 0.6) is 0 Å². The minimum Gasteiger partial charge on any atom is -0.339 e. The van der Waals surface area contributed by atoms with Gasteiger partial charge in [0.1, 0.15) is 11.9 Å². The number of nitrogens with zero attached hydrogens (tertiary/aromatic N) is 2. The summed E-state index contributed by atoms with van der Waals surface area (Å²) < 4.78 is 0.939. The van der Waals surface area contributed by atoms with Crippen LogP contribution in [-0.2, 0) is 0 Å². The molecule has 0 saturated carbocycles. The highest BCUT2D eigenvalue weighted by Gasteiger charge is 2.04. The Balaban J connectivity index is 2.35. The molecule has 0 atom stereocenters. The molecule has 0 saturated heterocycles. The molecule has 0 aliphatic heterocycles. The number of para-hydroxylation sites is 1. The van der Waals surface area contributed by atoms with Crippen molar-refractivity contribution in [3.63, 3.8) is 0 Å². The van der Waals surface area contributed by atoms with E-state index in [2.05, 4.69) is 32.3 Å². The molecule has 2 rings (SSSR count). The van der Waals surface area contributed by atoms with E-state index >= 15 is 0 Å². The zero-order valence-electron chi connectivity index (χ0n) is 9.24. The first-order valence-electron chi connectivity index (χ1n) is 5.09. The molecular weight excluding hydrogens is 278 g/mol. The van der Waals surface area contributed by atoms with Gasteiger partial charge < -0.3 is 5.32 Å². The minimum atomic E-state index is 0.608. The number of nitriles is 1. The van der Waals surface area contributed by atoms with Crippen molar-refractivity contribution in [3.8, 4) is 6.07 Å². The first-order valence-corrected chi connectivity index (χ1v) is 5.88. The molecule has 1 N–H and O–H groups in total. The summed E-state index contributed by atoms with van der Waals surface area (Å²) in [4.78, 5) is 4.28. The molecule has 0 radical (unpaired) electrons. The fraction of sp³-hybridized carbons (Fsp3) is 0.0769. The van der Waals surface area contributed by atoms with E-state index in [1.807, 2.05) is 31.2 Å². The molecule has 3 nitrogen and oxygen atoms in total. The van der Waals surface area contributed by atoms with Crippen molar-refractivity contribution in [3.05, 3.63) is 52.1 Å². The van der Waals surface area contributed by atoms with Crippen molar-refractivity contribution in [1.82, 2.24) is 4.98 Å². The lowest BCUT2D eigenvalue weighted by molar-refractivity contribution is 1.24. The highest BCUT2D eigenvalue weighted by Crippen LogP contribution is 2.23. The number of halogens is 1. The van der Waals surface area contributed by atoms with Crippen LogP contribution in [0, 0.1) is 18.3 Å². The van der Waals surface area contributed by atoms with E-state index in [0.29, 0.717) is 5.56 Å². The maximum atomic E-state index is 8.99. The van der Waals surface area contributed by atoms with Crippen LogP contribution in [-0.4, -0.2) is 4.98 Å². The van der Waals surface area contributed by atoms with Crippen molar-refractivity contribution < 1.29 is 0 Å². The molecule has 0 aliphatic carbocycles. The van der Waals surface area contributed by atoms with Crippen LogP contribution in [0.15, 0.2) is 41.0 Å². The Morgan fingerprint density at radius 3 is 2.82 bits per heavy atom. The lowest BCUT2D eigenvalue weighted by atomic mass is 10.2. The quantitative estimate of drug-likeness (QED) is 0.915. The van der Waals surface area contributed by atoms with E-state index in [1.165, 1.54) is 0 Å². The van der Waals surface area contributed by atoms with Crippen molar-refractivity contribution in [2.45, 2.75) is 6.92 Å². The van der Waals surface area contributed by atoms with E-state index in [1.54, 1.807) is 12.3 Å². The van der Waals surface area contributed by atoms with E-state index in [0.717, 1.165) is 21.5 Å². The highest BCUT2D eigenvalue weighted by molar-refractivity contribution is 9.10. The molecule has 84 valence electrons. The number of benzene rings is 1. The SMILES string of the molecule is Cc1cc(Br)cnc1Nc1ccccc1C#N. The highest BCUT2D eigenvalue weighted by atomic mass is 79.9. The number of rotatable bonds is 2. The van der Waals surface area contributed by atoms with Crippen LogP contribution in [0.3, 0.4) is 0 Å². The summed E-state index contributed by atoms with van der Waals surface area (Å²) >= 11 is 3.37. The van der Waals surface area contributed by atoms with Gasteiger partial charge in [0.05, 0.1) is 11.3 Å². The summed E-state index contributed by atoms with van der Waals surface area (Å²) in [7, 11) is 0. The van der Waals surface area contributed by atoms with Crippen molar-refractivity contribution in [2.75, 3.05) is 5.32 Å². The van der Waals surface area contributed by atoms with Gasteiger partial charge in [0.15, 0.2) is 0 Å². The minimum absolute atomic E-state index is 0.608. The van der Waals surface area contributed by atoms with Crippen LogP contribution < -0.4 is 5.32 Å². The van der Waals surface area contributed by atoms with Gasteiger partial charge in [-0.2, -0.15) is 5.26 Å². The number of anilines is 2. The third-order valence-electron chi connectivity index (χ3n) is 2.35. The third-order valence-corrected chi connectivity index (χ3v) is 2.78. The van der Waals surface area contributed by atoms with Gasteiger partial charge in [-0.25, -0.2) is 4.98 Å². The summed E-state index contributed by atoms with van der Waals surface area (Å²) in [5, 5.41) is 12.2. The second-order valence-corrected chi connectivity index (χ2v) is 4.52. The summed E-state index contributed by atoms with van der Waals surface area (Å²) in [5.41, 5.74) is 2.40. The van der Waals surface area contributed by atoms with Gasteiger partial charge in [-0.1, -0.05) is 12.1 Å². The first-order chi connectivity index (χ1) is 8.20. The average Bonchev–Trinajstić information content (AvgIpc) is 2.33. The molecule has 1 aromatic heterocycles. The number of nitrogens with one attached hydrogen (secondary N) is 1. The average molecular weight is 288 g/mol. The smallest absolute Gasteiger partial charge is 0.133 e. The number of hydrogen-bond acceptors (Lipinski definition) is 3. The standard InChI is InChI=1S/C13H10BrN3/c1-9-6-11(14)8-16-13(9)17-12-5-3-2-4-10(12)7-15/h2-6,8H,1H3,(H,16,17). The molecule has 0 aliphatic rings. The lowest BCUT2D eigenvalue weighted by Gasteiger charge is -2.09. The van der Waals surface area contributed by atoms with Crippen LogP contribution in [0.4, 0.5) is 11.5 Å². The Labute approximate surface area is 108 Å². The molecule has 1 heterocycles. The van der Waals surface area contributed by atoms with Crippen LogP contribution in [0.25, 0.3) is 0 Å². The van der Waals surface area contributed by atoms with E-state index in [9.17, 15) is 0 Å². The summed E-state index contributed by atoms with van der Waals surface area (Å²) in [6.45, 7) is 1.97. The predicted octanol–water partition coefficient (Wildman–Crippen LogP) is 3.77. The summed E-state index contributed by atoms with van der Waals surface area (Å²) in [6, 6.07) is 11.5. The number of aromatic nitrogens is 1. The van der Waals surface area contributed by atoms with Crippen molar-refractivity contribution >= 4 is 27.4 Å². The number of hydrogen-bond donors (Lipinski definition) is 1. The molecule has 0 bridgehead atoms. The van der Waals surface area contributed by atoms with Gasteiger partial charge >= 0.3 is 0 Å². The van der Waals surface area contributed by atoms with E-state index in [-0.39, 0.29) is 0 Å². The van der Waals surface area contributed by atoms with Crippen LogP contribution in [0.1, 0.15) is 11.1 Å². The van der Waals surface area contributed by atoms with Crippen molar-refractivity contribution in [2.24, 2.45) is 0 Å². The largest absolute Gasteiger partial charge is 0.339 e. The molecule has 0 spiro atoms. The summed E-state index contributed by atoms with van der Waals surface area (Å²) in [5.74, 6) is 0.760. The molecular formula is C13H10BrN3. The maximum Gasteiger partial charge on any atom is 0.133 e. The first kappa shape index (κ1) is 11.6. The fourth-order valence-electron chi connectivity index (χ4n) is 1.49. The Bertz CT molecular complexity index is 587. The topological polar surface area (TPSA) is 48.7 Å². The van der Waals surface area contributed by atoms with Gasteiger partial charge in [-0.3, -0.25) is 0 Å². The van der Waals surface area contributed by atoms with Gasteiger partial charge in [0.2, 0.25) is 0 Å². The molecule has 2 aromatic rings. The van der Waals surface area contributed by atoms with Gasteiger partial charge in [-0.05, 0) is 46.6 Å². The third kappa shape index (κ3) is 2.63. The normalized spacial score (nSPS) is 9.71. The zero-order chi connectivity index (χ0) is 12.3. The van der Waals surface area contributed by atoms with E-state index in [4.69, 9.17) is 5.26 Å². The Morgan fingerprint density at radius 2 is 2.12 bits per heavy atom. The maximum absolute atomic E-state index is 8.99. The van der Waals surface area contributed by atoms with Gasteiger partial charge in [-0.15, -0.1) is 0 Å². The molecule has 0 fully saturated rings. The van der Waals surface area contributed by atoms with Crippen LogP contribution in [0.2, 0.25) is 0 Å². The molecule has 17 heavy (non-hydrogen) atoms. The summed E-state index contributed by atoms with van der Waals surface area (Å²) in [6.07, 6.45) is 1.73. The fourth-order valence-corrected chi connectivity index (χ4v) is 1.93. The molecule has 1 aromatic carbocycles. The molecule has 0 unspecified atom stereocenters. The number of aryl methyl sites for hydroxylation is 1. The second kappa shape index (κ2) is 4.98. The van der Waals surface area contributed by atoms with E-state index < -0.39 is 0 Å². The molecule has 0 amide bonds. The van der Waals surface area contributed by atoms with Crippen LogP contribution >= 0.6 is 15.9 Å². The Kier molecular flexibility index (Phi) is 3.40. The lowest BCUT2D eigenvalue weighted by Crippen LogP contribution is -1.98. The predicted molar refractivity (Wildman–Crippen MR) is 71.1 cm³/mol. The monoisotopic (exact) mass is 287 g/mol. The Morgan fingerprint density at radius 1 is 1.35 bits per heavy atom. The number of pyridine rings is 1. The van der Waals surface area contributed by atoms with Gasteiger partial charge in [0, 0.05) is 10.7 Å². The second-order valence-electron chi connectivity index (χ2n) is 3.60.